The first-order valence-electron chi connectivity index (χ1n) is 5.65. The highest BCUT2D eigenvalue weighted by Crippen LogP contribution is 2.19. The van der Waals surface area contributed by atoms with E-state index in [1.807, 2.05) is 33.0 Å². The number of nitrogens with zero attached hydrogens (tertiary/aromatic N) is 2. The van der Waals surface area contributed by atoms with Crippen LogP contribution in [0.2, 0.25) is 0 Å². The Balaban J connectivity index is 2.48. The highest BCUT2D eigenvalue weighted by atomic mass is 19.1. The van der Waals surface area contributed by atoms with Crippen LogP contribution in [-0.4, -0.2) is 15.6 Å². The van der Waals surface area contributed by atoms with Gasteiger partial charge in [-0.2, -0.15) is 0 Å². The Kier molecular flexibility index (Phi) is 3.13. The molecule has 4 heteroatoms. The standard InChI is InChI=1S/C13H16FN3/c1-9(2)15-13-16-10(3)8-17(13)12-7-5-4-6-11(12)14/h4-9H,1-3H3,(H,15,16). The van der Waals surface area contributed by atoms with Crippen molar-refractivity contribution in [2.45, 2.75) is 26.8 Å². The first kappa shape index (κ1) is 11.6. The maximum atomic E-state index is 13.7. The van der Waals surface area contributed by atoms with Gasteiger partial charge < -0.3 is 5.32 Å². The van der Waals surface area contributed by atoms with Crippen LogP contribution in [0.1, 0.15) is 19.5 Å². The van der Waals surface area contributed by atoms with Crippen molar-refractivity contribution < 1.29 is 4.39 Å². The summed E-state index contributed by atoms with van der Waals surface area (Å²) in [7, 11) is 0. The fourth-order valence-corrected chi connectivity index (χ4v) is 1.69. The Hall–Kier alpha value is -1.84. The number of aryl methyl sites for hydroxylation is 1. The predicted octanol–water partition coefficient (Wildman–Crippen LogP) is 3.14. The SMILES string of the molecule is Cc1cn(-c2ccccc2F)c(NC(C)C)n1. The van der Waals surface area contributed by atoms with Crippen LogP contribution < -0.4 is 5.32 Å². The molecule has 90 valence electrons. The van der Waals surface area contributed by atoms with E-state index in [0.29, 0.717) is 11.6 Å². The van der Waals surface area contributed by atoms with Gasteiger partial charge in [-0.15, -0.1) is 0 Å². The summed E-state index contributed by atoms with van der Waals surface area (Å²) in [5, 5.41) is 3.21. The number of nitrogens with one attached hydrogen (secondary N) is 1. The number of imidazole rings is 1. The van der Waals surface area contributed by atoms with Gasteiger partial charge in [0.25, 0.3) is 0 Å². The maximum absolute atomic E-state index is 13.7. The van der Waals surface area contributed by atoms with Crippen LogP contribution in [0.5, 0.6) is 0 Å². The van der Waals surface area contributed by atoms with Crippen LogP contribution in [-0.2, 0) is 0 Å². The van der Waals surface area contributed by atoms with Crippen LogP contribution in [0.15, 0.2) is 30.5 Å². The van der Waals surface area contributed by atoms with Crippen molar-refractivity contribution in [1.29, 1.82) is 0 Å². The number of hydrogen-bond donors (Lipinski definition) is 1. The zero-order valence-electron chi connectivity index (χ0n) is 10.2. The molecule has 1 heterocycles. The van der Waals surface area contributed by atoms with Crippen molar-refractivity contribution >= 4 is 5.95 Å². The molecular weight excluding hydrogens is 217 g/mol. The van der Waals surface area contributed by atoms with Gasteiger partial charge in [0.15, 0.2) is 0 Å². The molecule has 0 saturated carbocycles. The van der Waals surface area contributed by atoms with E-state index in [1.54, 1.807) is 16.7 Å². The maximum Gasteiger partial charge on any atom is 0.208 e. The van der Waals surface area contributed by atoms with E-state index in [4.69, 9.17) is 0 Å². The van der Waals surface area contributed by atoms with Gasteiger partial charge in [-0.3, -0.25) is 4.57 Å². The molecule has 17 heavy (non-hydrogen) atoms. The van der Waals surface area contributed by atoms with Crippen LogP contribution in [0.3, 0.4) is 0 Å². The zero-order valence-corrected chi connectivity index (χ0v) is 10.2. The van der Waals surface area contributed by atoms with Crippen molar-refractivity contribution in [3.8, 4) is 5.69 Å². The summed E-state index contributed by atoms with van der Waals surface area (Å²) in [6, 6.07) is 6.93. The number of benzene rings is 1. The molecule has 1 aromatic heterocycles. The van der Waals surface area contributed by atoms with E-state index in [9.17, 15) is 4.39 Å². The average Bonchev–Trinajstić information content (AvgIpc) is 2.59. The number of hydrogen-bond acceptors (Lipinski definition) is 2. The number of aromatic nitrogens is 2. The van der Waals surface area contributed by atoms with Crippen molar-refractivity contribution in [3.05, 3.63) is 42.0 Å². The normalized spacial score (nSPS) is 10.9. The summed E-state index contributed by atoms with van der Waals surface area (Å²) in [6.45, 7) is 5.94. The van der Waals surface area contributed by atoms with Crippen LogP contribution in [0, 0.1) is 12.7 Å². The smallest absolute Gasteiger partial charge is 0.208 e. The molecule has 1 N–H and O–H groups in total. The fraction of sp³-hybridized carbons (Fsp3) is 0.308. The molecule has 2 aromatic rings. The van der Waals surface area contributed by atoms with Gasteiger partial charge >= 0.3 is 0 Å². The summed E-state index contributed by atoms with van der Waals surface area (Å²) in [4.78, 5) is 4.35. The van der Waals surface area contributed by atoms with E-state index >= 15 is 0 Å². The number of rotatable bonds is 3. The lowest BCUT2D eigenvalue weighted by atomic mass is 10.3. The van der Waals surface area contributed by atoms with Gasteiger partial charge in [-0.25, -0.2) is 9.37 Å². The highest BCUT2D eigenvalue weighted by molar-refractivity contribution is 5.44. The topological polar surface area (TPSA) is 29.9 Å². The van der Waals surface area contributed by atoms with Gasteiger partial charge in [0, 0.05) is 12.2 Å². The predicted molar refractivity (Wildman–Crippen MR) is 67.0 cm³/mol. The Bertz CT molecular complexity index is 517. The highest BCUT2D eigenvalue weighted by Gasteiger charge is 2.11. The van der Waals surface area contributed by atoms with Crippen molar-refractivity contribution in [2.75, 3.05) is 5.32 Å². The molecule has 0 aliphatic rings. The summed E-state index contributed by atoms with van der Waals surface area (Å²) in [6.07, 6.45) is 1.82. The van der Waals surface area contributed by atoms with Crippen LogP contribution in [0.25, 0.3) is 5.69 Å². The van der Waals surface area contributed by atoms with E-state index < -0.39 is 0 Å². The first-order valence-corrected chi connectivity index (χ1v) is 5.65. The molecule has 1 aromatic carbocycles. The fourth-order valence-electron chi connectivity index (χ4n) is 1.69. The van der Waals surface area contributed by atoms with Gasteiger partial charge in [0.2, 0.25) is 5.95 Å². The van der Waals surface area contributed by atoms with E-state index in [1.165, 1.54) is 6.07 Å². The van der Waals surface area contributed by atoms with Gasteiger partial charge in [-0.1, -0.05) is 12.1 Å². The first-order chi connectivity index (χ1) is 8.08. The monoisotopic (exact) mass is 233 g/mol. The molecular formula is C13H16FN3. The number of halogens is 1. The second-order valence-electron chi connectivity index (χ2n) is 4.33. The van der Waals surface area contributed by atoms with Crippen LogP contribution >= 0.6 is 0 Å². The molecule has 0 radical (unpaired) electrons. The largest absolute Gasteiger partial charge is 0.353 e. The zero-order chi connectivity index (χ0) is 12.4. The molecule has 0 aliphatic heterocycles. The third kappa shape index (κ3) is 2.46. The summed E-state index contributed by atoms with van der Waals surface area (Å²) in [5.41, 5.74) is 1.37. The molecule has 0 atom stereocenters. The molecule has 0 bridgehead atoms. The van der Waals surface area contributed by atoms with E-state index in [2.05, 4.69) is 10.3 Å². The van der Waals surface area contributed by atoms with Crippen molar-refractivity contribution in [2.24, 2.45) is 0 Å². The van der Waals surface area contributed by atoms with E-state index in [0.717, 1.165) is 5.69 Å². The molecule has 0 spiro atoms. The Morgan fingerprint density at radius 3 is 2.65 bits per heavy atom. The Morgan fingerprint density at radius 2 is 2.00 bits per heavy atom. The Labute approximate surface area is 100 Å². The van der Waals surface area contributed by atoms with Crippen molar-refractivity contribution in [1.82, 2.24) is 9.55 Å². The lowest BCUT2D eigenvalue weighted by Crippen LogP contribution is -2.14. The van der Waals surface area contributed by atoms with Crippen molar-refractivity contribution in [3.63, 3.8) is 0 Å². The van der Waals surface area contributed by atoms with Gasteiger partial charge in [0.1, 0.15) is 5.82 Å². The second-order valence-corrected chi connectivity index (χ2v) is 4.33. The average molecular weight is 233 g/mol. The minimum Gasteiger partial charge on any atom is -0.353 e. The van der Waals surface area contributed by atoms with E-state index in [-0.39, 0.29) is 11.9 Å². The molecule has 0 aliphatic carbocycles. The Morgan fingerprint density at radius 1 is 1.29 bits per heavy atom. The number of para-hydroxylation sites is 1. The lowest BCUT2D eigenvalue weighted by molar-refractivity contribution is 0.618. The molecule has 0 unspecified atom stereocenters. The van der Waals surface area contributed by atoms with Crippen LogP contribution in [0.4, 0.5) is 10.3 Å². The summed E-state index contributed by atoms with van der Waals surface area (Å²) < 4.78 is 15.5. The second kappa shape index (κ2) is 4.57. The summed E-state index contributed by atoms with van der Waals surface area (Å²) >= 11 is 0. The van der Waals surface area contributed by atoms with Gasteiger partial charge in [-0.05, 0) is 32.9 Å². The molecule has 0 fully saturated rings. The lowest BCUT2D eigenvalue weighted by Gasteiger charge is -2.12. The molecule has 3 nitrogen and oxygen atoms in total. The number of anilines is 1. The molecule has 2 rings (SSSR count). The minimum absolute atomic E-state index is 0.252. The minimum atomic E-state index is -0.253. The summed E-state index contributed by atoms with van der Waals surface area (Å²) in [5.74, 6) is 0.416. The molecule has 0 saturated heterocycles. The third-order valence-corrected chi connectivity index (χ3v) is 2.36. The quantitative estimate of drug-likeness (QED) is 0.882. The molecule has 0 amide bonds. The third-order valence-electron chi connectivity index (χ3n) is 2.36. The van der Waals surface area contributed by atoms with Gasteiger partial charge in [0.05, 0.1) is 11.4 Å².